The standard InChI is InChI=1S/C16H18FN5/c1-10-6-16(19-11(2)18-10)21-8-12-7-13(9-21)22(12)15-5-3-4-14(17)20-15/h3-6,12-13H,7-9H2,1-2H3. The maximum absolute atomic E-state index is 13.3. The summed E-state index contributed by atoms with van der Waals surface area (Å²) in [4.78, 5) is 17.4. The van der Waals surface area contributed by atoms with Crippen LogP contribution in [-0.2, 0) is 0 Å². The first-order chi connectivity index (χ1) is 10.6. The topological polar surface area (TPSA) is 45.2 Å². The van der Waals surface area contributed by atoms with Crippen molar-refractivity contribution in [1.82, 2.24) is 15.0 Å². The fourth-order valence-corrected chi connectivity index (χ4v) is 3.57. The van der Waals surface area contributed by atoms with Crippen molar-refractivity contribution in [3.63, 3.8) is 0 Å². The maximum Gasteiger partial charge on any atom is 0.214 e. The predicted molar refractivity (Wildman–Crippen MR) is 82.6 cm³/mol. The third kappa shape index (κ3) is 2.19. The summed E-state index contributed by atoms with van der Waals surface area (Å²) < 4.78 is 13.3. The van der Waals surface area contributed by atoms with Crippen molar-refractivity contribution in [2.45, 2.75) is 32.4 Å². The Labute approximate surface area is 128 Å². The molecule has 5 heterocycles. The van der Waals surface area contributed by atoms with Crippen LogP contribution < -0.4 is 9.80 Å². The van der Waals surface area contributed by atoms with E-state index in [-0.39, 0.29) is 0 Å². The summed E-state index contributed by atoms with van der Waals surface area (Å²) >= 11 is 0. The van der Waals surface area contributed by atoms with Crippen LogP contribution >= 0.6 is 0 Å². The lowest BCUT2D eigenvalue weighted by molar-refractivity contribution is 0.287. The molecular formula is C16H18FN5. The maximum atomic E-state index is 13.3. The smallest absolute Gasteiger partial charge is 0.214 e. The molecule has 2 bridgehead atoms. The molecule has 3 saturated heterocycles. The van der Waals surface area contributed by atoms with E-state index in [0.717, 1.165) is 42.7 Å². The van der Waals surface area contributed by atoms with Crippen LogP contribution in [0.1, 0.15) is 17.9 Å². The van der Waals surface area contributed by atoms with E-state index >= 15 is 0 Å². The van der Waals surface area contributed by atoms with Gasteiger partial charge >= 0.3 is 0 Å². The average molecular weight is 299 g/mol. The van der Waals surface area contributed by atoms with E-state index in [4.69, 9.17) is 0 Å². The van der Waals surface area contributed by atoms with Crippen LogP contribution in [0, 0.1) is 19.8 Å². The molecule has 6 heteroatoms. The van der Waals surface area contributed by atoms with Crippen LogP contribution in [0.2, 0.25) is 0 Å². The third-order valence-corrected chi connectivity index (χ3v) is 4.43. The Kier molecular flexibility index (Phi) is 2.99. The van der Waals surface area contributed by atoms with Crippen molar-refractivity contribution < 1.29 is 4.39 Å². The first-order valence-corrected chi connectivity index (χ1v) is 7.58. The Morgan fingerprint density at radius 3 is 2.50 bits per heavy atom. The molecule has 3 aliphatic heterocycles. The van der Waals surface area contributed by atoms with Gasteiger partial charge < -0.3 is 9.80 Å². The van der Waals surface area contributed by atoms with Gasteiger partial charge in [-0.3, -0.25) is 0 Å². The van der Waals surface area contributed by atoms with Gasteiger partial charge in [-0.05, 0) is 32.4 Å². The van der Waals surface area contributed by atoms with Gasteiger partial charge in [-0.1, -0.05) is 6.07 Å². The fraction of sp³-hybridized carbons (Fsp3) is 0.438. The highest BCUT2D eigenvalue weighted by atomic mass is 19.1. The zero-order valence-corrected chi connectivity index (χ0v) is 12.7. The SMILES string of the molecule is Cc1cc(N2CC3CC(C2)N3c2cccc(F)n2)nc(C)n1. The second-order valence-electron chi connectivity index (χ2n) is 6.09. The minimum Gasteiger partial charge on any atom is -0.352 e. The summed E-state index contributed by atoms with van der Waals surface area (Å²) in [5.74, 6) is 2.13. The number of fused-ring (bicyclic) bond motifs is 2. The summed E-state index contributed by atoms with van der Waals surface area (Å²) in [6.07, 6.45) is 1.14. The van der Waals surface area contributed by atoms with Crippen molar-refractivity contribution in [2.75, 3.05) is 22.9 Å². The molecule has 0 amide bonds. The van der Waals surface area contributed by atoms with Gasteiger partial charge in [0.15, 0.2) is 0 Å². The molecule has 22 heavy (non-hydrogen) atoms. The van der Waals surface area contributed by atoms with Gasteiger partial charge in [0.25, 0.3) is 0 Å². The molecule has 0 saturated carbocycles. The molecule has 2 aromatic rings. The summed E-state index contributed by atoms with van der Waals surface area (Å²) in [5.41, 5.74) is 0.991. The fourth-order valence-electron chi connectivity index (χ4n) is 3.57. The number of hydrogen-bond acceptors (Lipinski definition) is 5. The molecule has 5 rings (SSSR count). The Morgan fingerprint density at radius 2 is 1.82 bits per heavy atom. The van der Waals surface area contributed by atoms with E-state index in [2.05, 4.69) is 24.8 Å². The normalized spacial score (nSPS) is 23.4. The largest absolute Gasteiger partial charge is 0.352 e. The summed E-state index contributed by atoms with van der Waals surface area (Å²) in [7, 11) is 0. The lowest BCUT2D eigenvalue weighted by Crippen LogP contribution is -2.69. The second kappa shape index (κ2) is 4.90. The molecule has 2 aromatic heterocycles. The van der Waals surface area contributed by atoms with E-state index < -0.39 is 5.95 Å². The number of halogens is 1. The summed E-state index contributed by atoms with van der Waals surface area (Å²) in [6.45, 7) is 5.70. The van der Waals surface area contributed by atoms with Gasteiger partial charge in [0, 0.05) is 24.8 Å². The van der Waals surface area contributed by atoms with Crippen molar-refractivity contribution in [2.24, 2.45) is 0 Å². The van der Waals surface area contributed by atoms with E-state index in [1.54, 1.807) is 6.07 Å². The molecule has 0 spiro atoms. The number of hydrogen-bond donors (Lipinski definition) is 0. The zero-order chi connectivity index (χ0) is 15.3. The second-order valence-corrected chi connectivity index (χ2v) is 6.09. The Hall–Kier alpha value is -2.24. The highest BCUT2D eigenvalue weighted by Crippen LogP contribution is 2.37. The number of pyridine rings is 1. The number of rotatable bonds is 2. The highest BCUT2D eigenvalue weighted by molar-refractivity contribution is 5.52. The number of piperazine rings is 1. The minimum absolute atomic E-state index is 0.378. The molecule has 3 fully saturated rings. The highest BCUT2D eigenvalue weighted by Gasteiger charge is 2.45. The lowest BCUT2D eigenvalue weighted by Gasteiger charge is -2.57. The number of aromatic nitrogens is 3. The van der Waals surface area contributed by atoms with Gasteiger partial charge in [0.1, 0.15) is 17.5 Å². The number of nitrogens with zero attached hydrogens (tertiary/aromatic N) is 5. The van der Waals surface area contributed by atoms with Crippen LogP contribution in [0.5, 0.6) is 0 Å². The summed E-state index contributed by atoms with van der Waals surface area (Å²) in [5, 5.41) is 0. The number of aryl methyl sites for hydroxylation is 2. The Morgan fingerprint density at radius 1 is 1.05 bits per heavy atom. The van der Waals surface area contributed by atoms with Crippen molar-refractivity contribution >= 4 is 11.6 Å². The predicted octanol–water partition coefficient (Wildman–Crippen LogP) is 2.10. The van der Waals surface area contributed by atoms with Gasteiger partial charge in [-0.25, -0.2) is 15.0 Å². The van der Waals surface area contributed by atoms with Gasteiger partial charge in [0.2, 0.25) is 5.95 Å². The zero-order valence-electron chi connectivity index (χ0n) is 12.7. The van der Waals surface area contributed by atoms with Crippen molar-refractivity contribution in [3.05, 3.63) is 41.7 Å². The van der Waals surface area contributed by atoms with Crippen LogP contribution in [0.4, 0.5) is 16.0 Å². The third-order valence-electron chi connectivity index (χ3n) is 4.43. The van der Waals surface area contributed by atoms with Crippen molar-refractivity contribution in [3.8, 4) is 0 Å². The summed E-state index contributed by atoms with van der Waals surface area (Å²) in [6, 6.07) is 7.78. The quantitative estimate of drug-likeness (QED) is 0.795. The van der Waals surface area contributed by atoms with E-state index in [1.807, 2.05) is 26.0 Å². The first kappa shape index (κ1) is 13.4. The molecule has 114 valence electrons. The number of piperidine rings is 1. The molecule has 0 radical (unpaired) electrons. The van der Waals surface area contributed by atoms with Crippen LogP contribution in [0.25, 0.3) is 0 Å². The average Bonchev–Trinajstić information content (AvgIpc) is 2.46. The Bertz CT molecular complexity index is 687. The minimum atomic E-state index is -0.415. The van der Waals surface area contributed by atoms with Gasteiger partial charge in [-0.2, -0.15) is 4.39 Å². The molecule has 2 unspecified atom stereocenters. The van der Waals surface area contributed by atoms with Gasteiger partial charge in [0.05, 0.1) is 12.1 Å². The molecular weight excluding hydrogens is 281 g/mol. The van der Waals surface area contributed by atoms with E-state index in [1.165, 1.54) is 6.07 Å². The Balaban J connectivity index is 1.55. The molecule has 0 aliphatic carbocycles. The van der Waals surface area contributed by atoms with Crippen LogP contribution in [0.3, 0.4) is 0 Å². The lowest BCUT2D eigenvalue weighted by atomic mass is 9.87. The van der Waals surface area contributed by atoms with Crippen LogP contribution in [0.15, 0.2) is 24.3 Å². The van der Waals surface area contributed by atoms with E-state index in [9.17, 15) is 4.39 Å². The monoisotopic (exact) mass is 299 g/mol. The molecule has 2 atom stereocenters. The number of anilines is 2. The molecule has 0 N–H and O–H groups in total. The first-order valence-electron chi connectivity index (χ1n) is 7.58. The molecule has 0 aromatic carbocycles. The molecule has 3 aliphatic rings. The molecule has 5 nitrogen and oxygen atoms in total. The van der Waals surface area contributed by atoms with Gasteiger partial charge in [-0.15, -0.1) is 0 Å². The van der Waals surface area contributed by atoms with Crippen molar-refractivity contribution in [1.29, 1.82) is 0 Å². The van der Waals surface area contributed by atoms with Crippen LogP contribution in [-0.4, -0.2) is 40.1 Å². The van der Waals surface area contributed by atoms with E-state index in [0.29, 0.717) is 12.1 Å².